The minimum atomic E-state index is 0.417. The molecule has 0 N–H and O–H groups in total. The predicted molar refractivity (Wildman–Crippen MR) is 79.5 cm³/mol. The molecule has 1 aromatic rings. The van der Waals surface area contributed by atoms with Crippen molar-refractivity contribution in [3.05, 3.63) is 17.7 Å². The van der Waals surface area contributed by atoms with Gasteiger partial charge in [0.25, 0.3) is 0 Å². The molecule has 1 saturated heterocycles. The summed E-state index contributed by atoms with van der Waals surface area (Å²) in [6.45, 7) is 5.49. The number of hydrogen-bond acceptors (Lipinski definition) is 3. The van der Waals surface area contributed by atoms with Gasteiger partial charge in [0.2, 0.25) is 0 Å². The van der Waals surface area contributed by atoms with E-state index in [1.165, 1.54) is 50.9 Å². The van der Waals surface area contributed by atoms with E-state index in [4.69, 9.17) is 4.74 Å². The minimum Gasteiger partial charge on any atom is -0.381 e. The van der Waals surface area contributed by atoms with Crippen LogP contribution in [-0.2, 0) is 18.3 Å². The molecule has 1 saturated carbocycles. The van der Waals surface area contributed by atoms with Gasteiger partial charge in [-0.25, -0.2) is 4.98 Å². The fraction of sp³-hybridized carbons (Fsp3) is 0.812. The van der Waals surface area contributed by atoms with Crippen molar-refractivity contribution in [1.29, 1.82) is 0 Å². The van der Waals surface area contributed by atoms with Gasteiger partial charge in [0.05, 0.1) is 11.8 Å². The molecule has 1 aliphatic heterocycles. The molecule has 2 heterocycles. The molecular weight excluding hydrogens is 250 g/mol. The summed E-state index contributed by atoms with van der Waals surface area (Å²) in [5.41, 5.74) is 1.74. The van der Waals surface area contributed by atoms with Gasteiger partial charge in [-0.3, -0.25) is 4.90 Å². The van der Waals surface area contributed by atoms with Gasteiger partial charge >= 0.3 is 0 Å². The van der Waals surface area contributed by atoms with E-state index in [1.807, 2.05) is 13.3 Å². The molecule has 0 radical (unpaired) electrons. The van der Waals surface area contributed by atoms with Crippen molar-refractivity contribution in [1.82, 2.24) is 14.5 Å². The monoisotopic (exact) mass is 277 g/mol. The average Bonchev–Trinajstić information content (AvgIpc) is 2.97. The Morgan fingerprint density at radius 2 is 2.20 bits per heavy atom. The Hall–Kier alpha value is -0.870. The van der Waals surface area contributed by atoms with Crippen molar-refractivity contribution in [2.24, 2.45) is 12.5 Å². The van der Waals surface area contributed by atoms with Crippen molar-refractivity contribution in [2.75, 3.05) is 20.2 Å². The second kappa shape index (κ2) is 5.49. The fourth-order valence-corrected chi connectivity index (χ4v) is 4.26. The number of hydrogen-bond donors (Lipinski definition) is 0. The van der Waals surface area contributed by atoms with E-state index in [2.05, 4.69) is 28.4 Å². The van der Waals surface area contributed by atoms with Crippen LogP contribution in [0.25, 0.3) is 0 Å². The second-order valence-electron chi connectivity index (χ2n) is 6.65. The van der Waals surface area contributed by atoms with Crippen LogP contribution in [0, 0.1) is 12.3 Å². The smallest absolute Gasteiger partial charge is 0.105 e. The molecule has 2 fully saturated rings. The van der Waals surface area contributed by atoms with Gasteiger partial charge in [-0.15, -0.1) is 0 Å². The SMILES string of the molecule is CO[C@@H]1CCC[C@]12CCCN(Cc1cnc(C)n1C)C2. The Morgan fingerprint density at radius 1 is 1.40 bits per heavy atom. The van der Waals surface area contributed by atoms with Crippen LogP contribution in [0.5, 0.6) is 0 Å². The van der Waals surface area contributed by atoms with Gasteiger partial charge in [0, 0.05) is 38.9 Å². The summed E-state index contributed by atoms with van der Waals surface area (Å²) < 4.78 is 8.00. The number of aromatic nitrogens is 2. The first kappa shape index (κ1) is 14.1. The molecule has 2 aliphatic rings. The molecule has 0 bridgehead atoms. The molecule has 0 aromatic carbocycles. The lowest BCUT2D eigenvalue weighted by Crippen LogP contribution is -2.47. The van der Waals surface area contributed by atoms with Crippen LogP contribution in [0.3, 0.4) is 0 Å². The van der Waals surface area contributed by atoms with Crippen LogP contribution in [0.2, 0.25) is 0 Å². The summed E-state index contributed by atoms with van der Waals surface area (Å²) in [7, 11) is 4.01. The maximum Gasteiger partial charge on any atom is 0.105 e. The molecule has 4 nitrogen and oxygen atoms in total. The Morgan fingerprint density at radius 3 is 2.90 bits per heavy atom. The van der Waals surface area contributed by atoms with Crippen LogP contribution in [0.4, 0.5) is 0 Å². The Labute approximate surface area is 122 Å². The summed E-state index contributed by atoms with van der Waals surface area (Å²) in [6, 6.07) is 0. The molecule has 3 rings (SSSR count). The molecule has 4 heteroatoms. The zero-order valence-corrected chi connectivity index (χ0v) is 13.1. The topological polar surface area (TPSA) is 30.3 Å². The average molecular weight is 277 g/mol. The lowest BCUT2D eigenvalue weighted by atomic mass is 9.76. The minimum absolute atomic E-state index is 0.417. The van der Waals surface area contributed by atoms with Gasteiger partial charge < -0.3 is 9.30 Å². The van der Waals surface area contributed by atoms with Gasteiger partial charge in [-0.2, -0.15) is 0 Å². The van der Waals surface area contributed by atoms with Crippen LogP contribution in [0.1, 0.15) is 43.6 Å². The Bertz CT molecular complexity index is 470. The van der Waals surface area contributed by atoms with Gasteiger partial charge in [0.1, 0.15) is 5.82 Å². The molecule has 1 aliphatic carbocycles. The highest BCUT2D eigenvalue weighted by Gasteiger charge is 2.45. The quantitative estimate of drug-likeness (QED) is 0.850. The number of nitrogens with zero attached hydrogens (tertiary/aromatic N) is 3. The molecule has 0 amide bonds. The normalized spacial score (nSPS) is 31.2. The highest BCUT2D eigenvalue weighted by Crippen LogP contribution is 2.46. The van der Waals surface area contributed by atoms with Gasteiger partial charge in [0.15, 0.2) is 0 Å². The zero-order chi connectivity index (χ0) is 14.2. The maximum atomic E-state index is 5.79. The predicted octanol–water partition coefficient (Wildman–Crippen LogP) is 2.51. The molecule has 0 unspecified atom stereocenters. The number of aryl methyl sites for hydroxylation is 1. The van der Waals surface area contributed by atoms with Gasteiger partial charge in [-0.05, 0) is 39.2 Å². The molecule has 20 heavy (non-hydrogen) atoms. The van der Waals surface area contributed by atoms with E-state index in [-0.39, 0.29) is 0 Å². The Balaban J connectivity index is 1.71. The third-order valence-corrected chi connectivity index (χ3v) is 5.50. The highest BCUT2D eigenvalue weighted by atomic mass is 16.5. The van der Waals surface area contributed by atoms with Gasteiger partial charge in [-0.1, -0.05) is 6.42 Å². The third-order valence-electron chi connectivity index (χ3n) is 5.50. The molecule has 2 atom stereocenters. The number of ether oxygens (including phenoxy) is 1. The third kappa shape index (κ3) is 2.40. The molecule has 112 valence electrons. The number of likely N-dealkylation sites (tertiary alicyclic amines) is 1. The molecular formula is C16H27N3O. The lowest BCUT2D eigenvalue weighted by Gasteiger charge is -2.43. The molecule has 1 aromatic heterocycles. The zero-order valence-electron chi connectivity index (χ0n) is 13.1. The van der Waals surface area contributed by atoms with Crippen LogP contribution in [-0.4, -0.2) is 40.8 Å². The Kier molecular flexibility index (Phi) is 3.87. The summed E-state index contributed by atoms with van der Waals surface area (Å²) >= 11 is 0. The van der Waals surface area contributed by atoms with E-state index in [1.54, 1.807) is 0 Å². The lowest BCUT2D eigenvalue weighted by molar-refractivity contribution is -0.0370. The van der Waals surface area contributed by atoms with Crippen LogP contribution >= 0.6 is 0 Å². The van der Waals surface area contributed by atoms with E-state index >= 15 is 0 Å². The highest BCUT2D eigenvalue weighted by molar-refractivity contribution is 5.05. The second-order valence-corrected chi connectivity index (χ2v) is 6.65. The first-order chi connectivity index (χ1) is 9.64. The summed E-state index contributed by atoms with van der Waals surface area (Å²) in [6.07, 6.45) is 9.06. The summed E-state index contributed by atoms with van der Waals surface area (Å²) in [5.74, 6) is 1.10. The first-order valence-corrected chi connectivity index (χ1v) is 7.87. The van der Waals surface area contributed by atoms with E-state index in [0.29, 0.717) is 11.5 Å². The van der Waals surface area contributed by atoms with E-state index < -0.39 is 0 Å². The van der Waals surface area contributed by atoms with Crippen LogP contribution < -0.4 is 0 Å². The first-order valence-electron chi connectivity index (χ1n) is 7.87. The number of imidazole rings is 1. The van der Waals surface area contributed by atoms with Crippen molar-refractivity contribution >= 4 is 0 Å². The van der Waals surface area contributed by atoms with Crippen molar-refractivity contribution in [3.8, 4) is 0 Å². The van der Waals surface area contributed by atoms with Crippen LogP contribution in [0.15, 0.2) is 6.20 Å². The van der Waals surface area contributed by atoms with E-state index in [9.17, 15) is 0 Å². The number of methoxy groups -OCH3 is 1. The fourth-order valence-electron chi connectivity index (χ4n) is 4.26. The molecule has 1 spiro atoms. The van der Waals surface area contributed by atoms with Crippen molar-refractivity contribution in [2.45, 2.75) is 51.7 Å². The number of piperidine rings is 1. The summed E-state index contributed by atoms with van der Waals surface area (Å²) in [4.78, 5) is 7.02. The maximum absolute atomic E-state index is 5.79. The largest absolute Gasteiger partial charge is 0.381 e. The van der Waals surface area contributed by atoms with E-state index in [0.717, 1.165) is 12.4 Å². The summed E-state index contributed by atoms with van der Waals surface area (Å²) in [5, 5.41) is 0. The standard InChI is InChI=1S/C16H27N3O/c1-13-17-10-14(18(13)2)11-19-9-5-8-16(12-19)7-4-6-15(16)20-3/h10,15H,4-9,11-12H2,1-3H3/t15-,16-/m1/s1. The number of rotatable bonds is 3. The van der Waals surface area contributed by atoms with Crippen molar-refractivity contribution in [3.63, 3.8) is 0 Å². The van der Waals surface area contributed by atoms with Crippen molar-refractivity contribution < 1.29 is 4.74 Å².